The lowest BCUT2D eigenvalue weighted by molar-refractivity contribution is 0.215. The van der Waals surface area contributed by atoms with Gasteiger partial charge in [-0.25, -0.2) is 4.79 Å². The summed E-state index contributed by atoms with van der Waals surface area (Å²) in [5.41, 5.74) is 2.07. The molecule has 25 heavy (non-hydrogen) atoms. The van der Waals surface area contributed by atoms with Crippen molar-refractivity contribution in [3.63, 3.8) is 0 Å². The van der Waals surface area contributed by atoms with Crippen LogP contribution in [0.4, 0.5) is 10.5 Å². The van der Waals surface area contributed by atoms with Gasteiger partial charge >= 0.3 is 6.03 Å². The highest BCUT2D eigenvalue weighted by Crippen LogP contribution is 2.34. The average molecular weight is 356 g/mol. The summed E-state index contributed by atoms with van der Waals surface area (Å²) in [4.78, 5) is 14.6. The quantitative estimate of drug-likeness (QED) is 0.856. The van der Waals surface area contributed by atoms with Gasteiger partial charge in [0.05, 0.1) is 12.3 Å². The molecule has 0 bridgehead atoms. The molecule has 0 saturated carbocycles. The maximum atomic E-state index is 12.7. The van der Waals surface area contributed by atoms with Gasteiger partial charge in [-0.3, -0.25) is 0 Å². The van der Waals surface area contributed by atoms with Crippen LogP contribution in [0.25, 0.3) is 0 Å². The highest BCUT2D eigenvalue weighted by atomic mass is 32.2. The van der Waals surface area contributed by atoms with Crippen molar-refractivity contribution in [3.8, 4) is 5.75 Å². The lowest BCUT2D eigenvalue weighted by atomic mass is 10.1. The number of ether oxygens (including phenoxy) is 1. The van der Waals surface area contributed by atoms with Crippen molar-refractivity contribution < 1.29 is 9.53 Å². The summed E-state index contributed by atoms with van der Waals surface area (Å²) in [5.74, 6) is 1.66. The summed E-state index contributed by atoms with van der Waals surface area (Å²) in [6.07, 6.45) is 0.967. The number of hydrogen-bond donors (Lipinski definition) is 1. The van der Waals surface area contributed by atoms with E-state index in [1.165, 1.54) is 5.56 Å². The number of urea groups is 1. The van der Waals surface area contributed by atoms with Crippen LogP contribution in [0.1, 0.15) is 24.2 Å². The second-order valence-electron chi connectivity index (χ2n) is 5.91. The van der Waals surface area contributed by atoms with E-state index in [0.29, 0.717) is 17.6 Å². The van der Waals surface area contributed by atoms with Gasteiger partial charge in [-0.2, -0.15) is 11.8 Å². The summed E-state index contributed by atoms with van der Waals surface area (Å²) >= 11 is 1.93. The fourth-order valence-electron chi connectivity index (χ4n) is 2.95. The first-order valence-electron chi connectivity index (χ1n) is 8.72. The van der Waals surface area contributed by atoms with Gasteiger partial charge in [0.15, 0.2) is 0 Å². The molecule has 1 atom stereocenters. The van der Waals surface area contributed by atoms with Gasteiger partial charge in [-0.05, 0) is 31.0 Å². The minimum atomic E-state index is -0.0542. The number of hydrogen-bond acceptors (Lipinski definition) is 3. The second-order valence-corrected chi connectivity index (χ2v) is 7.22. The van der Waals surface area contributed by atoms with E-state index < -0.39 is 0 Å². The molecule has 1 N–H and O–H groups in total. The lowest BCUT2D eigenvalue weighted by Gasteiger charge is -2.21. The number of carbonyl (C=O) groups is 1. The van der Waals surface area contributed by atoms with Crippen LogP contribution >= 0.6 is 11.8 Å². The number of para-hydroxylation sites is 2. The maximum absolute atomic E-state index is 12.7. The molecule has 3 rings (SSSR count). The van der Waals surface area contributed by atoms with Crippen molar-refractivity contribution in [3.05, 3.63) is 60.2 Å². The summed E-state index contributed by atoms with van der Waals surface area (Å²) in [6.45, 7) is 4.03. The lowest BCUT2D eigenvalue weighted by Crippen LogP contribution is -2.36. The summed E-state index contributed by atoms with van der Waals surface area (Å²) in [7, 11) is 0. The third-order valence-electron chi connectivity index (χ3n) is 4.23. The number of nitrogens with zero attached hydrogens (tertiary/aromatic N) is 1. The fourth-order valence-corrected chi connectivity index (χ4v) is 4.18. The van der Waals surface area contributed by atoms with Crippen LogP contribution in [0.5, 0.6) is 5.75 Å². The highest BCUT2D eigenvalue weighted by molar-refractivity contribution is 7.99. The number of anilines is 1. The molecule has 0 radical (unpaired) electrons. The van der Waals surface area contributed by atoms with E-state index in [1.807, 2.05) is 53.9 Å². The van der Waals surface area contributed by atoms with Gasteiger partial charge in [-0.1, -0.05) is 42.5 Å². The molecule has 1 heterocycles. The van der Waals surface area contributed by atoms with E-state index in [9.17, 15) is 4.79 Å². The van der Waals surface area contributed by atoms with E-state index in [4.69, 9.17) is 4.74 Å². The Kier molecular flexibility index (Phi) is 6.23. The predicted molar refractivity (Wildman–Crippen MR) is 104 cm³/mol. The van der Waals surface area contributed by atoms with Crippen LogP contribution in [0.15, 0.2) is 54.6 Å². The number of carbonyl (C=O) groups excluding carboxylic acids is 1. The van der Waals surface area contributed by atoms with Crippen LogP contribution in [0.3, 0.4) is 0 Å². The monoisotopic (exact) mass is 356 g/mol. The van der Waals surface area contributed by atoms with Crippen LogP contribution in [0, 0.1) is 0 Å². The number of rotatable bonds is 4. The number of nitrogens with one attached hydrogen (secondary N) is 1. The Morgan fingerprint density at radius 1 is 1.16 bits per heavy atom. The Labute approximate surface area is 153 Å². The van der Waals surface area contributed by atoms with Gasteiger partial charge in [0.2, 0.25) is 0 Å². The molecule has 0 aromatic heterocycles. The molecule has 5 heteroatoms. The number of amides is 2. The summed E-state index contributed by atoms with van der Waals surface area (Å²) in [5, 5.41) is 3.45. The zero-order valence-electron chi connectivity index (χ0n) is 14.5. The van der Waals surface area contributed by atoms with Crippen molar-refractivity contribution in [1.82, 2.24) is 4.90 Å². The van der Waals surface area contributed by atoms with E-state index >= 15 is 0 Å². The first-order valence-corrected chi connectivity index (χ1v) is 9.77. The van der Waals surface area contributed by atoms with Gasteiger partial charge in [0, 0.05) is 24.1 Å². The zero-order valence-corrected chi connectivity index (χ0v) is 15.3. The normalized spacial score (nSPS) is 17.6. The Hall–Kier alpha value is -2.14. The van der Waals surface area contributed by atoms with Crippen LogP contribution < -0.4 is 10.1 Å². The third kappa shape index (κ3) is 4.69. The smallest absolute Gasteiger partial charge is 0.321 e. The molecule has 1 unspecified atom stereocenters. The predicted octanol–water partition coefficient (Wildman–Crippen LogP) is 4.80. The highest BCUT2D eigenvalue weighted by Gasteiger charge is 2.22. The number of thioether (sulfide) groups is 1. The van der Waals surface area contributed by atoms with E-state index in [1.54, 1.807) is 0 Å². The second kappa shape index (κ2) is 8.81. The van der Waals surface area contributed by atoms with Crippen LogP contribution in [-0.2, 0) is 0 Å². The number of benzene rings is 2. The molecular formula is C20H24N2O2S. The van der Waals surface area contributed by atoms with Crippen molar-refractivity contribution in [1.29, 1.82) is 0 Å². The molecule has 0 aliphatic carbocycles. The molecular weight excluding hydrogens is 332 g/mol. The molecule has 4 nitrogen and oxygen atoms in total. The Morgan fingerprint density at radius 3 is 2.72 bits per heavy atom. The molecule has 1 aliphatic heterocycles. The van der Waals surface area contributed by atoms with Crippen molar-refractivity contribution in [2.24, 2.45) is 0 Å². The van der Waals surface area contributed by atoms with Gasteiger partial charge in [-0.15, -0.1) is 0 Å². The Bertz CT molecular complexity index is 693. The minimum Gasteiger partial charge on any atom is -0.492 e. The molecule has 2 aromatic carbocycles. The van der Waals surface area contributed by atoms with Crippen molar-refractivity contribution in [2.75, 3.05) is 30.8 Å². The first kappa shape index (κ1) is 17.7. The average Bonchev–Trinajstić information content (AvgIpc) is 2.90. The van der Waals surface area contributed by atoms with E-state index in [2.05, 4.69) is 29.6 Å². The molecule has 132 valence electrons. The Balaban J connectivity index is 1.62. The third-order valence-corrected chi connectivity index (χ3v) is 5.56. The van der Waals surface area contributed by atoms with Crippen molar-refractivity contribution >= 4 is 23.5 Å². The molecule has 0 spiro atoms. The SMILES string of the molecule is CCOc1ccccc1NC(=O)N1CCSC(c2ccccc2)CC1. The topological polar surface area (TPSA) is 41.6 Å². The van der Waals surface area contributed by atoms with Gasteiger partial charge in [0.25, 0.3) is 0 Å². The maximum Gasteiger partial charge on any atom is 0.321 e. The van der Waals surface area contributed by atoms with E-state index in [0.717, 1.165) is 31.0 Å². The fraction of sp³-hybridized carbons (Fsp3) is 0.350. The first-order chi connectivity index (χ1) is 12.3. The van der Waals surface area contributed by atoms with E-state index in [-0.39, 0.29) is 6.03 Å². The molecule has 1 fully saturated rings. The van der Waals surface area contributed by atoms with Gasteiger partial charge < -0.3 is 15.0 Å². The summed E-state index contributed by atoms with van der Waals surface area (Å²) in [6, 6.07) is 18.1. The van der Waals surface area contributed by atoms with Crippen molar-refractivity contribution in [2.45, 2.75) is 18.6 Å². The largest absolute Gasteiger partial charge is 0.492 e. The molecule has 2 aromatic rings. The summed E-state index contributed by atoms with van der Waals surface area (Å²) < 4.78 is 5.59. The Morgan fingerprint density at radius 2 is 1.92 bits per heavy atom. The van der Waals surface area contributed by atoms with Crippen LogP contribution in [-0.4, -0.2) is 36.4 Å². The molecule has 2 amide bonds. The minimum absolute atomic E-state index is 0.0542. The molecule has 1 aliphatic rings. The van der Waals surface area contributed by atoms with Gasteiger partial charge in [0.1, 0.15) is 5.75 Å². The standard InChI is InChI=1S/C20H24N2O2S/c1-2-24-18-11-7-6-10-17(18)21-20(23)22-13-12-19(25-15-14-22)16-8-4-3-5-9-16/h3-11,19H,2,12-15H2,1H3,(H,21,23). The molecule has 1 saturated heterocycles. The zero-order chi connectivity index (χ0) is 17.5. The van der Waals surface area contributed by atoms with Crippen LogP contribution in [0.2, 0.25) is 0 Å².